The standard InChI is InChI=1S/C13H21F3N4O/c1-8(11-9(2)20-21-10(11)3)7-19-12(17-4)18-6-5-13(14,15)16/h8H,5-7H2,1-4H3,(H2,17,18,19). The first-order valence-corrected chi connectivity index (χ1v) is 6.68. The maximum atomic E-state index is 12.1. The van der Waals surface area contributed by atoms with Crippen LogP contribution in [0.4, 0.5) is 13.2 Å². The van der Waals surface area contributed by atoms with Crippen molar-refractivity contribution in [2.45, 2.75) is 39.3 Å². The monoisotopic (exact) mass is 306 g/mol. The number of rotatable bonds is 5. The molecule has 0 spiro atoms. The maximum Gasteiger partial charge on any atom is 0.390 e. The van der Waals surface area contributed by atoms with Crippen molar-refractivity contribution in [3.05, 3.63) is 17.0 Å². The minimum absolute atomic E-state index is 0.109. The van der Waals surface area contributed by atoms with Gasteiger partial charge >= 0.3 is 6.18 Å². The van der Waals surface area contributed by atoms with E-state index < -0.39 is 12.6 Å². The molecule has 0 saturated carbocycles. The van der Waals surface area contributed by atoms with Crippen LogP contribution in [0.5, 0.6) is 0 Å². The molecule has 0 aliphatic heterocycles. The molecule has 8 heteroatoms. The number of hydrogen-bond donors (Lipinski definition) is 2. The fourth-order valence-electron chi connectivity index (χ4n) is 2.09. The van der Waals surface area contributed by atoms with E-state index in [1.807, 2.05) is 20.8 Å². The molecule has 1 rings (SSSR count). The predicted molar refractivity (Wildman–Crippen MR) is 74.4 cm³/mol. The Morgan fingerprint density at radius 2 is 2.00 bits per heavy atom. The molecule has 0 saturated heterocycles. The highest BCUT2D eigenvalue weighted by Gasteiger charge is 2.26. The molecule has 0 aliphatic rings. The minimum Gasteiger partial charge on any atom is -0.361 e. The number of aryl methyl sites for hydroxylation is 2. The topological polar surface area (TPSA) is 62.5 Å². The Kier molecular flexibility index (Phi) is 6.04. The summed E-state index contributed by atoms with van der Waals surface area (Å²) in [4.78, 5) is 3.89. The van der Waals surface area contributed by atoms with Crippen LogP contribution in [0.1, 0.15) is 36.3 Å². The summed E-state index contributed by atoms with van der Waals surface area (Å²) >= 11 is 0. The van der Waals surface area contributed by atoms with Crippen LogP contribution in [0.25, 0.3) is 0 Å². The van der Waals surface area contributed by atoms with E-state index in [4.69, 9.17) is 4.52 Å². The molecular formula is C13H21F3N4O. The summed E-state index contributed by atoms with van der Waals surface area (Å²) in [5.74, 6) is 1.21. The van der Waals surface area contributed by atoms with Crippen molar-refractivity contribution in [3.8, 4) is 0 Å². The van der Waals surface area contributed by atoms with Crippen LogP contribution < -0.4 is 10.6 Å². The summed E-state index contributed by atoms with van der Waals surface area (Å²) in [6.45, 7) is 6.00. The molecule has 0 bridgehead atoms. The molecule has 1 aromatic heterocycles. The number of guanidine groups is 1. The predicted octanol–water partition coefficient (Wildman–Crippen LogP) is 2.51. The number of halogens is 3. The summed E-state index contributed by atoms with van der Waals surface area (Å²) < 4.78 is 41.3. The van der Waals surface area contributed by atoms with Gasteiger partial charge < -0.3 is 15.2 Å². The van der Waals surface area contributed by atoms with Crippen LogP contribution >= 0.6 is 0 Å². The van der Waals surface area contributed by atoms with Crippen LogP contribution in [0, 0.1) is 13.8 Å². The van der Waals surface area contributed by atoms with Gasteiger partial charge in [-0.25, -0.2) is 0 Å². The smallest absolute Gasteiger partial charge is 0.361 e. The minimum atomic E-state index is -4.17. The van der Waals surface area contributed by atoms with Crippen molar-refractivity contribution >= 4 is 5.96 Å². The molecule has 0 radical (unpaired) electrons. The van der Waals surface area contributed by atoms with Gasteiger partial charge in [0.1, 0.15) is 5.76 Å². The highest BCUT2D eigenvalue weighted by atomic mass is 19.4. The van der Waals surface area contributed by atoms with Gasteiger partial charge in [-0.15, -0.1) is 0 Å². The van der Waals surface area contributed by atoms with Crippen molar-refractivity contribution in [2.75, 3.05) is 20.1 Å². The third-order valence-electron chi connectivity index (χ3n) is 3.08. The lowest BCUT2D eigenvalue weighted by Crippen LogP contribution is -2.40. The van der Waals surface area contributed by atoms with E-state index in [0.29, 0.717) is 12.5 Å². The number of hydrogen-bond acceptors (Lipinski definition) is 3. The van der Waals surface area contributed by atoms with Crippen molar-refractivity contribution in [3.63, 3.8) is 0 Å². The van der Waals surface area contributed by atoms with Gasteiger partial charge in [0.2, 0.25) is 0 Å². The first-order valence-electron chi connectivity index (χ1n) is 6.68. The Hall–Kier alpha value is -1.73. The lowest BCUT2D eigenvalue weighted by Gasteiger charge is -2.16. The van der Waals surface area contributed by atoms with Crippen molar-refractivity contribution in [1.29, 1.82) is 0 Å². The summed E-state index contributed by atoms with van der Waals surface area (Å²) in [5, 5.41) is 9.52. The molecule has 1 unspecified atom stereocenters. The molecule has 2 N–H and O–H groups in total. The molecule has 1 atom stereocenters. The Morgan fingerprint density at radius 1 is 1.33 bits per heavy atom. The van der Waals surface area contributed by atoms with Crippen LogP contribution in [0.15, 0.2) is 9.52 Å². The third kappa shape index (κ3) is 5.65. The Bertz CT molecular complexity index is 463. The molecule has 5 nitrogen and oxygen atoms in total. The number of alkyl halides is 3. The highest BCUT2D eigenvalue weighted by Crippen LogP contribution is 2.22. The zero-order valence-electron chi connectivity index (χ0n) is 12.6. The van der Waals surface area contributed by atoms with E-state index >= 15 is 0 Å². The first kappa shape index (κ1) is 17.3. The second kappa shape index (κ2) is 7.33. The van der Waals surface area contributed by atoms with Gasteiger partial charge in [-0.3, -0.25) is 4.99 Å². The molecule has 0 aromatic carbocycles. The molecule has 1 heterocycles. The van der Waals surface area contributed by atoms with Crippen LogP contribution in [0.2, 0.25) is 0 Å². The molecule has 0 aliphatic carbocycles. The molecule has 120 valence electrons. The van der Waals surface area contributed by atoms with E-state index in [0.717, 1.165) is 17.0 Å². The fourth-order valence-corrected chi connectivity index (χ4v) is 2.09. The van der Waals surface area contributed by atoms with Gasteiger partial charge in [0.25, 0.3) is 0 Å². The zero-order valence-corrected chi connectivity index (χ0v) is 12.6. The zero-order chi connectivity index (χ0) is 16.0. The quantitative estimate of drug-likeness (QED) is 0.648. The molecule has 0 amide bonds. The van der Waals surface area contributed by atoms with Crippen LogP contribution in [0.3, 0.4) is 0 Å². The van der Waals surface area contributed by atoms with Gasteiger partial charge in [-0.2, -0.15) is 13.2 Å². The number of nitrogens with one attached hydrogen (secondary N) is 2. The molecule has 21 heavy (non-hydrogen) atoms. The first-order chi connectivity index (χ1) is 9.74. The van der Waals surface area contributed by atoms with E-state index in [-0.39, 0.29) is 12.5 Å². The molecular weight excluding hydrogens is 285 g/mol. The summed E-state index contributed by atoms with van der Waals surface area (Å²) in [6, 6.07) is 0. The SMILES string of the molecule is CN=C(NCCC(F)(F)F)NCC(C)c1c(C)noc1C. The Labute approximate surface area is 122 Å². The third-order valence-corrected chi connectivity index (χ3v) is 3.08. The summed E-state index contributed by atoms with van der Waals surface area (Å²) in [6.07, 6.45) is -5.07. The van der Waals surface area contributed by atoms with E-state index in [1.165, 1.54) is 7.05 Å². The normalized spacial score (nSPS) is 14.1. The van der Waals surface area contributed by atoms with E-state index in [2.05, 4.69) is 20.8 Å². The number of nitrogens with zero attached hydrogens (tertiary/aromatic N) is 2. The van der Waals surface area contributed by atoms with Crippen molar-refractivity contribution < 1.29 is 17.7 Å². The summed E-state index contributed by atoms with van der Waals surface area (Å²) in [5.41, 5.74) is 1.83. The average molecular weight is 306 g/mol. The van der Waals surface area contributed by atoms with Crippen LogP contribution in [-0.2, 0) is 0 Å². The van der Waals surface area contributed by atoms with Crippen molar-refractivity contribution in [1.82, 2.24) is 15.8 Å². The number of aliphatic imine (C=N–C) groups is 1. The lowest BCUT2D eigenvalue weighted by atomic mass is 10.00. The Balaban J connectivity index is 2.45. The number of aromatic nitrogens is 1. The second-order valence-electron chi connectivity index (χ2n) is 4.88. The van der Waals surface area contributed by atoms with Gasteiger partial charge in [0.15, 0.2) is 5.96 Å². The van der Waals surface area contributed by atoms with Gasteiger partial charge in [0, 0.05) is 31.6 Å². The van der Waals surface area contributed by atoms with E-state index in [1.54, 1.807) is 0 Å². The average Bonchev–Trinajstić information content (AvgIpc) is 2.71. The van der Waals surface area contributed by atoms with Gasteiger partial charge in [-0.05, 0) is 13.8 Å². The van der Waals surface area contributed by atoms with Gasteiger partial charge in [-0.1, -0.05) is 12.1 Å². The van der Waals surface area contributed by atoms with E-state index in [9.17, 15) is 13.2 Å². The Morgan fingerprint density at radius 3 is 2.48 bits per heavy atom. The fraction of sp³-hybridized carbons (Fsp3) is 0.692. The summed E-state index contributed by atoms with van der Waals surface area (Å²) in [7, 11) is 1.52. The molecule has 1 aromatic rings. The molecule has 0 fully saturated rings. The second-order valence-corrected chi connectivity index (χ2v) is 4.88. The highest BCUT2D eigenvalue weighted by molar-refractivity contribution is 5.79. The largest absolute Gasteiger partial charge is 0.390 e. The lowest BCUT2D eigenvalue weighted by molar-refractivity contribution is -0.132. The van der Waals surface area contributed by atoms with Crippen molar-refractivity contribution in [2.24, 2.45) is 4.99 Å². The maximum absolute atomic E-state index is 12.1. The van der Waals surface area contributed by atoms with Gasteiger partial charge in [0.05, 0.1) is 12.1 Å². The van der Waals surface area contributed by atoms with Crippen LogP contribution in [-0.4, -0.2) is 37.4 Å².